The summed E-state index contributed by atoms with van der Waals surface area (Å²) in [6, 6.07) is 7.76. The highest BCUT2D eigenvalue weighted by Gasteiger charge is 2.14. The van der Waals surface area contributed by atoms with Gasteiger partial charge < -0.3 is 9.64 Å². The van der Waals surface area contributed by atoms with Gasteiger partial charge in [-0.25, -0.2) is 0 Å². The molecule has 3 rings (SSSR count). The number of hydrogen-bond acceptors (Lipinski definition) is 5. The van der Waals surface area contributed by atoms with E-state index in [1.807, 2.05) is 50.2 Å². The maximum absolute atomic E-state index is 6.12. The molecule has 3 aromatic rings. The molecule has 108 valence electrons. The van der Waals surface area contributed by atoms with E-state index >= 15 is 0 Å². The molecule has 7 heteroatoms. The van der Waals surface area contributed by atoms with Crippen LogP contribution >= 0.6 is 11.6 Å². The second kappa shape index (κ2) is 5.21. The first kappa shape index (κ1) is 13.6. The first-order valence-corrected chi connectivity index (χ1v) is 6.75. The molecule has 2 aromatic heterocycles. The summed E-state index contributed by atoms with van der Waals surface area (Å²) < 4.78 is 7.49. The molecule has 0 aliphatic rings. The van der Waals surface area contributed by atoms with E-state index in [1.54, 1.807) is 0 Å². The fourth-order valence-corrected chi connectivity index (χ4v) is 2.09. The minimum atomic E-state index is 0.356. The van der Waals surface area contributed by atoms with Crippen molar-refractivity contribution in [2.24, 2.45) is 0 Å². The SMILES string of the molecule is Cc1c(Cl)nc2ncnn2c1Oc1cccc(N(C)C)c1. The van der Waals surface area contributed by atoms with Crippen LogP contribution in [0, 0.1) is 6.92 Å². The zero-order valence-electron chi connectivity index (χ0n) is 11.9. The fourth-order valence-electron chi connectivity index (χ4n) is 1.93. The Morgan fingerprint density at radius 1 is 1.29 bits per heavy atom. The van der Waals surface area contributed by atoms with Crippen LogP contribution in [0.4, 0.5) is 5.69 Å². The Labute approximate surface area is 127 Å². The average Bonchev–Trinajstić information content (AvgIpc) is 2.92. The van der Waals surface area contributed by atoms with Gasteiger partial charge in [0.25, 0.3) is 5.78 Å². The number of anilines is 1. The second-order valence-corrected chi connectivity index (χ2v) is 5.16. The summed E-state index contributed by atoms with van der Waals surface area (Å²) in [6.45, 7) is 1.83. The number of hydrogen-bond donors (Lipinski definition) is 0. The quantitative estimate of drug-likeness (QED) is 0.696. The molecule has 2 heterocycles. The van der Waals surface area contributed by atoms with Gasteiger partial charge in [0.15, 0.2) is 0 Å². The number of nitrogens with zero attached hydrogens (tertiary/aromatic N) is 5. The minimum Gasteiger partial charge on any atom is -0.438 e. The van der Waals surface area contributed by atoms with Crippen LogP contribution in [-0.4, -0.2) is 33.7 Å². The van der Waals surface area contributed by atoms with E-state index in [2.05, 4.69) is 15.1 Å². The third-order valence-corrected chi connectivity index (χ3v) is 3.47. The Bertz CT molecular complexity index is 799. The van der Waals surface area contributed by atoms with Crippen molar-refractivity contribution < 1.29 is 4.74 Å². The van der Waals surface area contributed by atoms with E-state index < -0.39 is 0 Å². The van der Waals surface area contributed by atoms with Crippen molar-refractivity contribution in [2.45, 2.75) is 6.92 Å². The van der Waals surface area contributed by atoms with Crippen molar-refractivity contribution in [3.05, 3.63) is 41.3 Å². The summed E-state index contributed by atoms with van der Waals surface area (Å²) in [7, 11) is 3.95. The average molecular weight is 304 g/mol. The van der Waals surface area contributed by atoms with Gasteiger partial charge in [0.1, 0.15) is 17.2 Å². The Morgan fingerprint density at radius 2 is 2.10 bits per heavy atom. The van der Waals surface area contributed by atoms with Gasteiger partial charge in [0.05, 0.1) is 0 Å². The van der Waals surface area contributed by atoms with E-state index in [0.717, 1.165) is 5.69 Å². The van der Waals surface area contributed by atoms with Crippen LogP contribution in [0.2, 0.25) is 5.15 Å². The maximum atomic E-state index is 6.12. The predicted molar refractivity (Wildman–Crippen MR) is 81.4 cm³/mol. The molecule has 0 spiro atoms. The Hall–Kier alpha value is -2.34. The lowest BCUT2D eigenvalue weighted by molar-refractivity contribution is 0.442. The zero-order chi connectivity index (χ0) is 15.0. The predicted octanol–water partition coefficient (Wildman–Crippen LogP) is 2.94. The summed E-state index contributed by atoms with van der Waals surface area (Å²) >= 11 is 6.12. The van der Waals surface area contributed by atoms with Crippen molar-refractivity contribution >= 4 is 23.1 Å². The van der Waals surface area contributed by atoms with Crippen LogP contribution in [0.5, 0.6) is 11.6 Å². The van der Waals surface area contributed by atoms with Crippen LogP contribution in [-0.2, 0) is 0 Å². The lowest BCUT2D eigenvalue weighted by atomic mass is 10.3. The third-order valence-electron chi connectivity index (χ3n) is 3.10. The van der Waals surface area contributed by atoms with Crippen molar-refractivity contribution in [2.75, 3.05) is 19.0 Å². The summed E-state index contributed by atoms with van der Waals surface area (Å²) in [6.07, 6.45) is 1.42. The van der Waals surface area contributed by atoms with Crippen LogP contribution in [0.1, 0.15) is 5.56 Å². The highest BCUT2D eigenvalue weighted by Crippen LogP contribution is 2.30. The Balaban J connectivity index is 2.07. The van der Waals surface area contributed by atoms with Crippen LogP contribution in [0.3, 0.4) is 0 Å². The molecule has 0 aliphatic heterocycles. The van der Waals surface area contributed by atoms with Gasteiger partial charge in [-0.15, -0.1) is 0 Å². The number of halogens is 1. The molecule has 0 fully saturated rings. The molecule has 6 nitrogen and oxygen atoms in total. The molecule has 0 amide bonds. The van der Waals surface area contributed by atoms with Gasteiger partial charge in [0.2, 0.25) is 5.88 Å². The molecule has 0 saturated carbocycles. The number of rotatable bonds is 3. The van der Waals surface area contributed by atoms with Crippen LogP contribution in [0.15, 0.2) is 30.6 Å². The van der Waals surface area contributed by atoms with Crippen molar-refractivity contribution in [1.29, 1.82) is 0 Å². The molecule has 1 aromatic carbocycles. The molecule has 21 heavy (non-hydrogen) atoms. The Kier molecular flexibility index (Phi) is 3.39. The molecule has 0 saturated heterocycles. The maximum Gasteiger partial charge on any atom is 0.256 e. The standard InChI is InChI=1S/C14H14ClN5O/c1-9-12(15)18-14-16-8-17-20(14)13(9)21-11-6-4-5-10(7-11)19(2)3/h4-8H,1-3H3. The summed E-state index contributed by atoms with van der Waals surface area (Å²) in [5.41, 5.74) is 1.75. The monoisotopic (exact) mass is 303 g/mol. The van der Waals surface area contributed by atoms with Gasteiger partial charge in [-0.1, -0.05) is 17.7 Å². The van der Waals surface area contributed by atoms with Gasteiger partial charge in [-0.2, -0.15) is 19.6 Å². The Morgan fingerprint density at radius 3 is 2.86 bits per heavy atom. The summed E-state index contributed by atoms with van der Waals surface area (Å²) in [5.74, 6) is 1.62. The summed E-state index contributed by atoms with van der Waals surface area (Å²) in [4.78, 5) is 10.2. The molecule has 0 aliphatic carbocycles. The van der Waals surface area contributed by atoms with E-state index in [4.69, 9.17) is 16.3 Å². The molecular formula is C14H14ClN5O. The molecule has 0 radical (unpaired) electrons. The zero-order valence-corrected chi connectivity index (χ0v) is 12.7. The van der Waals surface area contributed by atoms with Gasteiger partial charge in [-0.3, -0.25) is 0 Å². The first-order chi connectivity index (χ1) is 10.1. The van der Waals surface area contributed by atoms with E-state index in [1.165, 1.54) is 10.8 Å². The summed E-state index contributed by atoms with van der Waals surface area (Å²) in [5, 5.41) is 4.48. The van der Waals surface area contributed by atoms with Gasteiger partial charge >= 0.3 is 0 Å². The first-order valence-electron chi connectivity index (χ1n) is 6.37. The molecular weight excluding hydrogens is 290 g/mol. The lowest BCUT2D eigenvalue weighted by Gasteiger charge is -2.15. The van der Waals surface area contributed by atoms with E-state index in [9.17, 15) is 0 Å². The highest BCUT2D eigenvalue weighted by atomic mass is 35.5. The smallest absolute Gasteiger partial charge is 0.256 e. The second-order valence-electron chi connectivity index (χ2n) is 4.80. The highest BCUT2D eigenvalue weighted by molar-refractivity contribution is 6.30. The number of aromatic nitrogens is 4. The van der Waals surface area contributed by atoms with Crippen molar-refractivity contribution in [3.8, 4) is 11.6 Å². The van der Waals surface area contributed by atoms with Gasteiger partial charge in [-0.05, 0) is 19.1 Å². The molecule has 0 atom stereocenters. The van der Waals surface area contributed by atoms with Crippen molar-refractivity contribution in [1.82, 2.24) is 19.6 Å². The number of benzene rings is 1. The van der Waals surface area contributed by atoms with E-state index in [0.29, 0.717) is 28.1 Å². The number of fused-ring (bicyclic) bond motifs is 1. The topological polar surface area (TPSA) is 55.6 Å². The molecule has 0 unspecified atom stereocenters. The largest absolute Gasteiger partial charge is 0.438 e. The fraction of sp³-hybridized carbons (Fsp3) is 0.214. The third kappa shape index (κ3) is 2.50. The van der Waals surface area contributed by atoms with Crippen molar-refractivity contribution in [3.63, 3.8) is 0 Å². The van der Waals surface area contributed by atoms with Crippen LogP contribution < -0.4 is 9.64 Å². The normalized spacial score (nSPS) is 10.9. The molecule has 0 N–H and O–H groups in total. The van der Waals surface area contributed by atoms with Crippen LogP contribution in [0.25, 0.3) is 5.78 Å². The van der Waals surface area contributed by atoms with E-state index in [-0.39, 0.29) is 0 Å². The molecule has 0 bridgehead atoms. The van der Waals surface area contributed by atoms with Gasteiger partial charge in [0, 0.05) is 31.4 Å². The lowest BCUT2D eigenvalue weighted by Crippen LogP contribution is -2.08. The number of ether oxygens (including phenoxy) is 1. The minimum absolute atomic E-state index is 0.356.